The van der Waals surface area contributed by atoms with Crippen molar-refractivity contribution in [1.29, 1.82) is 0 Å². The van der Waals surface area contributed by atoms with Crippen LogP contribution in [-0.4, -0.2) is 6.91 Å². The van der Waals surface area contributed by atoms with Crippen LogP contribution in [0.3, 0.4) is 0 Å². The van der Waals surface area contributed by atoms with Crippen molar-refractivity contribution in [2.45, 2.75) is 47.6 Å². The third-order valence-electron chi connectivity index (χ3n) is 4.20. The van der Waals surface area contributed by atoms with Gasteiger partial charge in [0.15, 0.2) is 0 Å². The van der Waals surface area contributed by atoms with Gasteiger partial charge in [-0.3, -0.25) is 0 Å². The third kappa shape index (κ3) is 11.8. The molecule has 3 aromatic rings. The Kier molecular flexibility index (Phi) is 16.3. The SMILES string of the molecule is Cc1cc(C)c(C)[cH-]1.Cc1cc(C)c(C)[cH-]1.[Cl-].[Cl-].[Ti+2]=[SiH]Cc1ccccc1. The summed E-state index contributed by atoms with van der Waals surface area (Å²) in [5, 5.41) is 0. The van der Waals surface area contributed by atoms with Gasteiger partial charge in [0.2, 0.25) is 0 Å². The van der Waals surface area contributed by atoms with Crippen LogP contribution in [0.25, 0.3) is 0 Å². The third-order valence-corrected chi connectivity index (χ3v) is 5.83. The summed E-state index contributed by atoms with van der Waals surface area (Å²) in [6, 6.07) is 20.8. The number of benzene rings is 1. The van der Waals surface area contributed by atoms with E-state index in [0.717, 1.165) is 0 Å². The van der Waals surface area contributed by atoms with Crippen LogP contribution >= 0.6 is 0 Å². The predicted octanol–water partition coefficient (Wildman–Crippen LogP) is -0.246. The van der Waals surface area contributed by atoms with Crippen LogP contribution in [0, 0.1) is 41.5 Å². The average molecular weight is 453 g/mol. The van der Waals surface area contributed by atoms with Gasteiger partial charge in [0.1, 0.15) is 0 Å². The second kappa shape index (κ2) is 15.4. The first-order chi connectivity index (χ1) is 11.8. The molecule has 27 heavy (non-hydrogen) atoms. The van der Waals surface area contributed by atoms with Crippen molar-refractivity contribution in [2.75, 3.05) is 0 Å². The van der Waals surface area contributed by atoms with Crippen LogP contribution in [-0.2, 0) is 25.2 Å². The van der Waals surface area contributed by atoms with Gasteiger partial charge in [0, 0.05) is 0 Å². The van der Waals surface area contributed by atoms with Gasteiger partial charge in [-0.05, 0) is 0 Å². The van der Waals surface area contributed by atoms with Gasteiger partial charge in [-0.1, -0.05) is 41.5 Å². The first-order valence-corrected chi connectivity index (χ1v) is 12.9. The Balaban J connectivity index is 0. The molecular formula is C23H30Cl2SiTi-2. The zero-order valence-electron chi connectivity index (χ0n) is 17.2. The second-order valence-corrected chi connectivity index (χ2v) is 9.42. The van der Waals surface area contributed by atoms with E-state index >= 15 is 0 Å². The maximum absolute atomic E-state index is 2.28. The summed E-state index contributed by atoms with van der Waals surface area (Å²) in [6.45, 7) is 13.4. The standard InChI is InChI=1S/2C8H11.C7H8Si.2ClH.Ti/c2*1-6-4-7(2)8(3)5-6;8-6-7-4-2-1-3-5-7;;;/h2*4-5H,1-3H3;1-5,8H,6H2;2*1H;/q2*-1;;;;+2/p-2. The van der Waals surface area contributed by atoms with Crippen LogP contribution in [0.4, 0.5) is 0 Å². The number of rotatable bonds is 2. The van der Waals surface area contributed by atoms with Crippen LogP contribution < -0.4 is 24.8 Å². The maximum atomic E-state index is 2.28. The molecule has 0 aliphatic heterocycles. The molecule has 3 aromatic carbocycles. The Hall–Kier alpha value is -0.569. The number of hydrogen-bond acceptors (Lipinski definition) is 0. The van der Waals surface area contributed by atoms with Crippen molar-refractivity contribution in [3.63, 3.8) is 0 Å². The van der Waals surface area contributed by atoms with Crippen molar-refractivity contribution in [3.8, 4) is 0 Å². The molecule has 3 rings (SSSR count). The summed E-state index contributed by atoms with van der Waals surface area (Å²) in [5.41, 5.74) is 9.85. The van der Waals surface area contributed by atoms with Gasteiger partial charge >= 0.3 is 68.0 Å². The molecule has 0 nitrogen and oxygen atoms in total. The molecule has 146 valence electrons. The molecule has 4 heteroatoms. The number of aryl methyl sites for hydroxylation is 6. The van der Waals surface area contributed by atoms with Crippen molar-refractivity contribution < 1.29 is 44.0 Å². The molecule has 0 bridgehead atoms. The van der Waals surface area contributed by atoms with Gasteiger partial charge < -0.3 is 24.8 Å². The van der Waals surface area contributed by atoms with Crippen LogP contribution in [0.15, 0.2) is 54.6 Å². The van der Waals surface area contributed by atoms with E-state index in [-0.39, 0.29) is 24.8 Å². The quantitative estimate of drug-likeness (QED) is 0.371. The average Bonchev–Trinajstić information content (AvgIpc) is 3.01. The topological polar surface area (TPSA) is 0 Å². The summed E-state index contributed by atoms with van der Waals surface area (Å²) in [4.78, 5) is 0. The van der Waals surface area contributed by atoms with Crippen LogP contribution in [0.1, 0.15) is 38.9 Å². The molecule has 0 radical (unpaired) electrons. The Labute approximate surface area is 191 Å². The zero-order chi connectivity index (χ0) is 18.8. The Morgan fingerprint density at radius 2 is 1.15 bits per heavy atom. The fourth-order valence-electron chi connectivity index (χ4n) is 2.64. The van der Waals surface area contributed by atoms with Crippen molar-refractivity contribution in [3.05, 3.63) is 93.5 Å². The predicted molar refractivity (Wildman–Crippen MR) is 110 cm³/mol. The summed E-state index contributed by atoms with van der Waals surface area (Å²) >= 11 is 2.28. The summed E-state index contributed by atoms with van der Waals surface area (Å²) < 4.78 is 0. The molecular weight excluding hydrogens is 423 g/mol. The first kappa shape index (κ1) is 28.6. The van der Waals surface area contributed by atoms with Crippen LogP contribution in [0.2, 0.25) is 0 Å². The molecule has 0 aliphatic carbocycles. The number of hydrogen-bond donors (Lipinski definition) is 0. The van der Waals surface area contributed by atoms with Crippen molar-refractivity contribution >= 4 is 6.91 Å². The molecule has 0 N–H and O–H groups in total. The molecule has 0 saturated carbocycles. The summed E-state index contributed by atoms with van der Waals surface area (Å²) in [5.74, 6) is 0. The normalized spacial score (nSPS) is 8.89. The Bertz CT molecular complexity index is 690. The molecule has 0 spiro atoms. The summed E-state index contributed by atoms with van der Waals surface area (Å²) in [7, 11) is 0. The second-order valence-electron chi connectivity index (χ2n) is 6.69. The van der Waals surface area contributed by atoms with E-state index in [1.54, 1.807) is 0 Å². The molecule has 0 fully saturated rings. The van der Waals surface area contributed by atoms with Gasteiger partial charge in [-0.25, -0.2) is 12.1 Å². The Morgan fingerprint density at radius 3 is 1.37 bits per heavy atom. The first-order valence-electron chi connectivity index (χ1n) is 8.77. The van der Waals surface area contributed by atoms with E-state index in [1.807, 2.05) is 0 Å². The Morgan fingerprint density at radius 1 is 0.741 bits per heavy atom. The minimum absolute atomic E-state index is 0. The molecule has 0 saturated heterocycles. The fourth-order valence-corrected chi connectivity index (χ4v) is 4.25. The van der Waals surface area contributed by atoms with E-state index in [1.165, 1.54) is 45.0 Å². The summed E-state index contributed by atoms with van der Waals surface area (Å²) in [6.07, 6.45) is 0. The van der Waals surface area contributed by atoms with E-state index in [9.17, 15) is 0 Å². The zero-order valence-corrected chi connectivity index (χ0v) is 21.5. The molecule has 0 unspecified atom stereocenters. The van der Waals surface area contributed by atoms with Gasteiger partial charge in [0.05, 0.1) is 0 Å². The van der Waals surface area contributed by atoms with Crippen molar-refractivity contribution in [1.82, 2.24) is 0 Å². The van der Waals surface area contributed by atoms with Gasteiger partial charge in [0.25, 0.3) is 0 Å². The van der Waals surface area contributed by atoms with E-state index < -0.39 is 0 Å². The molecule has 0 heterocycles. The monoisotopic (exact) mass is 452 g/mol. The van der Waals surface area contributed by atoms with Crippen molar-refractivity contribution in [2.24, 2.45) is 0 Å². The van der Waals surface area contributed by atoms with Crippen LogP contribution in [0.5, 0.6) is 0 Å². The molecule has 0 aliphatic rings. The molecule has 0 aromatic heterocycles. The van der Waals surface area contributed by atoms with E-state index in [4.69, 9.17) is 0 Å². The molecule has 0 amide bonds. The minimum atomic E-state index is 0. The number of halogens is 2. The van der Waals surface area contributed by atoms with Gasteiger partial charge in [-0.2, -0.15) is 45.5 Å². The van der Waals surface area contributed by atoms with E-state index in [2.05, 4.69) is 115 Å². The van der Waals surface area contributed by atoms with Gasteiger partial charge in [-0.15, -0.1) is 0 Å². The molecule has 0 atom stereocenters. The fraction of sp³-hybridized carbons (Fsp3) is 0.304. The van der Waals surface area contributed by atoms with E-state index in [0.29, 0.717) is 6.91 Å².